The van der Waals surface area contributed by atoms with E-state index < -0.39 is 0 Å². The summed E-state index contributed by atoms with van der Waals surface area (Å²) in [6.45, 7) is 8.45. The van der Waals surface area contributed by atoms with Gasteiger partial charge >= 0.3 is 0 Å². The van der Waals surface area contributed by atoms with Crippen molar-refractivity contribution in [3.8, 4) is 0 Å². The van der Waals surface area contributed by atoms with Crippen LogP contribution in [-0.2, 0) is 19.6 Å². The van der Waals surface area contributed by atoms with Crippen LogP contribution in [-0.4, -0.2) is 50.9 Å². The topological polar surface area (TPSA) is 49.5 Å². The van der Waals surface area contributed by atoms with Crippen LogP contribution in [0.3, 0.4) is 0 Å². The van der Waals surface area contributed by atoms with Crippen molar-refractivity contribution in [3.63, 3.8) is 0 Å². The SMILES string of the molecule is CCn1cc(CNC(=S)N2CCN(Cc3ccco3)CC2)cn1. The van der Waals surface area contributed by atoms with E-state index in [-0.39, 0.29) is 0 Å². The van der Waals surface area contributed by atoms with Gasteiger partial charge in [-0.1, -0.05) is 0 Å². The zero-order chi connectivity index (χ0) is 16.1. The summed E-state index contributed by atoms with van der Waals surface area (Å²) >= 11 is 5.51. The van der Waals surface area contributed by atoms with Crippen LogP contribution in [0.25, 0.3) is 0 Å². The molecule has 1 N–H and O–H groups in total. The third-order valence-electron chi connectivity index (χ3n) is 4.07. The van der Waals surface area contributed by atoms with Crippen molar-refractivity contribution in [1.82, 2.24) is 24.9 Å². The lowest BCUT2D eigenvalue weighted by atomic mass is 10.3. The predicted molar refractivity (Wildman–Crippen MR) is 92.9 cm³/mol. The van der Waals surface area contributed by atoms with Crippen LogP contribution in [0.1, 0.15) is 18.2 Å². The van der Waals surface area contributed by atoms with E-state index in [1.165, 1.54) is 0 Å². The molecule has 0 aliphatic carbocycles. The molecule has 124 valence electrons. The maximum Gasteiger partial charge on any atom is 0.169 e. The number of aryl methyl sites for hydroxylation is 1. The van der Waals surface area contributed by atoms with Gasteiger partial charge in [-0.25, -0.2) is 0 Å². The number of hydrogen-bond acceptors (Lipinski definition) is 4. The van der Waals surface area contributed by atoms with E-state index in [2.05, 4.69) is 33.3 Å². The first-order valence-electron chi connectivity index (χ1n) is 8.03. The summed E-state index contributed by atoms with van der Waals surface area (Å²) in [5.74, 6) is 1.02. The Morgan fingerprint density at radius 2 is 2.17 bits per heavy atom. The van der Waals surface area contributed by atoms with E-state index in [4.69, 9.17) is 16.6 Å². The second kappa shape index (κ2) is 7.61. The summed E-state index contributed by atoms with van der Waals surface area (Å²) in [5, 5.41) is 8.43. The maximum absolute atomic E-state index is 5.51. The molecule has 1 saturated heterocycles. The molecule has 2 aromatic heterocycles. The van der Waals surface area contributed by atoms with Crippen LogP contribution in [0.4, 0.5) is 0 Å². The molecular formula is C16H23N5OS. The van der Waals surface area contributed by atoms with Crippen LogP contribution in [0.2, 0.25) is 0 Å². The number of thiocarbonyl (C=S) groups is 1. The van der Waals surface area contributed by atoms with Crippen molar-refractivity contribution in [3.05, 3.63) is 42.1 Å². The van der Waals surface area contributed by atoms with Crippen molar-refractivity contribution in [1.29, 1.82) is 0 Å². The Balaban J connectivity index is 1.41. The molecule has 0 bridgehead atoms. The van der Waals surface area contributed by atoms with Crippen LogP contribution in [0.15, 0.2) is 35.2 Å². The number of nitrogens with one attached hydrogen (secondary N) is 1. The minimum absolute atomic E-state index is 0.728. The quantitative estimate of drug-likeness (QED) is 0.841. The van der Waals surface area contributed by atoms with Crippen molar-refractivity contribution < 1.29 is 4.42 Å². The molecule has 6 nitrogen and oxygen atoms in total. The average molecular weight is 333 g/mol. The first kappa shape index (κ1) is 16.0. The fraction of sp³-hybridized carbons (Fsp3) is 0.500. The highest BCUT2D eigenvalue weighted by atomic mass is 32.1. The zero-order valence-corrected chi connectivity index (χ0v) is 14.3. The minimum atomic E-state index is 0.728. The van der Waals surface area contributed by atoms with Gasteiger partial charge in [-0.3, -0.25) is 9.58 Å². The molecule has 0 aromatic carbocycles. The molecule has 0 radical (unpaired) electrons. The van der Waals surface area contributed by atoms with Crippen LogP contribution >= 0.6 is 12.2 Å². The van der Waals surface area contributed by atoms with Gasteiger partial charge in [0.2, 0.25) is 0 Å². The van der Waals surface area contributed by atoms with Gasteiger partial charge in [0.05, 0.1) is 19.0 Å². The standard InChI is InChI=1S/C16H23N5OS/c1-2-21-12-14(11-18-21)10-17-16(23)20-7-5-19(6-8-20)13-15-4-3-9-22-15/h3-4,9,11-12H,2,5-8,10,13H2,1H3,(H,17,23). The van der Waals surface area contributed by atoms with E-state index in [0.29, 0.717) is 0 Å². The first-order chi connectivity index (χ1) is 11.2. The van der Waals surface area contributed by atoms with Gasteiger partial charge in [0.1, 0.15) is 5.76 Å². The second-order valence-corrected chi connectivity index (χ2v) is 6.09. The smallest absolute Gasteiger partial charge is 0.169 e. The second-order valence-electron chi connectivity index (χ2n) is 5.71. The van der Waals surface area contributed by atoms with E-state index in [9.17, 15) is 0 Å². The highest BCUT2D eigenvalue weighted by Crippen LogP contribution is 2.09. The van der Waals surface area contributed by atoms with Crippen molar-refractivity contribution in [2.24, 2.45) is 0 Å². The van der Waals surface area contributed by atoms with Crippen LogP contribution in [0.5, 0.6) is 0 Å². The Kier molecular flexibility index (Phi) is 5.30. The molecule has 7 heteroatoms. The lowest BCUT2D eigenvalue weighted by Gasteiger charge is -2.35. The lowest BCUT2D eigenvalue weighted by Crippen LogP contribution is -2.51. The normalized spacial score (nSPS) is 15.8. The van der Waals surface area contributed by atoms with E-state index in [0.717, 1.165) is 62.2 Å². The summed E-state index contributed by atoms with van der Waals surface area (Å²) in [4.78, 5) is 4.63. The fourth-order valence-electron chi connectivity index (χ4n) is 2.69. The largest absolute Gasteiger partial charge is 0.468 e. The summed E-state index contributed by atoms with van der Waals surface area (Å²) in [6, 6.07) is 3.96. The van der Waals surface area contributed by atoms with Crippen molar-refractivity contribution in [2.75, 3.05) is 26.2 Å². The van der Waals surface area contributed by atoms with Crippen LogP contribution < -0.4 is 5.32 Å². The lowest BCUT2D eigenvalue weighted by molar-refractivity contribution is 0.164. The van der Waals surface area contributed by atoms with Gasteiger partial charge in [-0.05, 0) is 31.3 Å². The summed E-state index contributed by atoms with van der Waals surface area (Å²) in [7, 11) is 0. The van der Waals surface area contributed by atoms with Gasteiger partial charge < -0.3 is 14.6 Å². The number of aromatic nitrogens is 2. The van der Waals surface area contributed by atoms with E-state index >= 15 is 0 Å². The first-order valence-corrected chi connectivity index (χ1v) is 8.44. The molecule has 2 aromatic rings. The zero-order valence-electron chi connectivity index (χ0n) is 13.4. The fourth-order valence-corrected chi connectivity index (χ4v) is 2.95. The Labute approximate surface area is 142 Å². The number of hydrogen-bond donors (Lipinski definition) is 1. The molecule has 0 amide bonds. The average Bonchev–Trinajstić information content (AvgIpc) is 3.24. The Morgan fingerprint density at radius 3 is 2.83 bits per heavy atom. The summed E-state index contributed by atoms with van der Waals surface area (Å²) < 4.78 is 7.33. The van der Waals surface area contributed by atoms with Crippen molar-refractivity contribution in [2.45, 2.75) is 26.6 Å². The van der Waals surface area contributed by atoms with E-state index in [1.54, 1.807) is 6.26 Å². The minimum Gasteiger partial charge on any atom is -0.468 e. The Hall–Kier alpha value is -1.86. The third kappa shape index (κ3) is 4.33. The van der Waals surface area contributed by atoms with Crippen LogP contribution in [0, 0.1) is 0 Å². The molecule has 23 heavy (non-hydrogen) atoms. The van der Waals surface area contributed by atoms with Gasteiger partial charge in [0, 0.05) is 51.0 Å². The molecule has 3 rings (SSSR count). The van der Waals surface area contributed by atoms with Gasteiger partial charge in [0.25, 0.3) is 0 Å². The van der Waals surface area contributed by atoms with Crippen molar-refractivity contribution >= 4 is 17.3 Å². The van der Waals surface area contributed by atoms with Gasteiger partial charge in [0.15, 0.2) is 5.11 Å². The molecule has 1 aliphatic rings. The summed E-state index contributed by atoms with van der Waals surface area (Å²) in [6.07, 6.45) is 5.67. The maximum atomic E-state index is 5.51. The Morgan fingerprint density at radius 1 is 1.35 bits per heavy atom. The third-order valence-corrected chi connectivity index (χ3v) is 4.48. The molecule has 1 fully saturated rings. The molecular weight excluding hydrogens is 310 g/mol. The highest BCUT2D eigenvalue weighted by molar-refractivity contribution is 7.80. The molecule has 0 unspecified atom stereocenters. The highest BCUT2D eigenvalue weighted by Gasteiger charge is 2.19. The van der Waals surface area contributed by atoms with E-state index in [1.807, 2.05) is 23.0 Å². The monoisotopic (exact) mass is 333 g/mol. The number of nitrogens with zero attached hydrogens (tertiary/aromatic N) is 4. The predicted octanol–water partition coefficient (Wildman–Crippen LogP) is 1.69. The van der Waals surface area contributed by atoms with Gasteiger partial charge in [-0.15, -0.1) is 0 Å². The number of rotatable bonds is 5. The molecule has 3 heterocycles. The van der Waals surface area contributed by atoms with Gasteiger partial charge in [-0.2, -0.15) is 5.10 Å². The number of piperazine rings is 1. The molecule has 1 aliphatic heterocycles. The number of furan rings is 1. The molecule has 0 atom stereocenters. The Bertz CT molecular complexity index is 616. The molecule has 0 saturated carbocycles. The molecule has 0 spiro atoms. The summed E-state index contributed by atoms with van der Waals surface area (Å²) in [5.41, 5.74) is 1.16.